The zero-order valence-electron chi connectivity index (χ0n) is 16.3. The molecule has 0 aliphatic carbocycles. The summed E-state index contributed by atoms with van der Waals surface area (Å²) in [6.07, 6.45) is 5.61. The molecule has 28 heavy (non-hydrogen) atoms. The van der Waals surface area contributed by atoms with Gasteiger partial charge < -0.3 is 9.13 Å². The van der Waals surface area contributed by atoms with Crippen LogP contribution >= 0.6 is 0 Å². The van der Waals surface area contributed by atoms with Gasteiger partial charge in [0, 0.05) is 37.8 Å². The van der Waals surface area contributed by atoms with E-state index in [9.17, 15) is 4.79 Å². The average Bonchev–Trinajstić information content (AvgIpc) is 3.39. The van der Waals surface area contributed by atoms with E-state index in [1.54, 1.807) is 13.4 Å². The number of hydrogen-bond acceptors (Lipinski definition) is 4. The molecule has 7 heteroatoms. The van der Waals surface area contributed by atoms with Crippen LogP contribution in [0.15, 0.2) is 41.6 Å². The summed E-state index contributed by atoms with van der Waals surface area (Å²) in [6.45, 7) is 5.15. The van der Waals surface area contributed by atoms with E-state index in [0.29, 0.717) is 16.9 Å². The van der Waals surface area contributed by atoms with Gasteiger partial charge in [0.1, 0.15) is 17.2 Å². The Morgan fingerprint density at radius 2 is 2.04 bits per heavy atom. The molecule has 0 spiro atoms. The molecule has 0 atom stereocenters. The molecule has 0 saturated heterocycles. The standard InChI is InChI=1S/C21H22N6O/c1-13(2)27-10-8-17(24-27)19-20(26-9-4-5-18(26)23-19)14-6-7-16-15(11-14)21(28)25(3)12-22-16/h6-8,10-13H,4-5,9H2,1-3H3. The molecule has 0 amide bonds. The third kappa shape index (κ3) is 2.50. The number of aryl methyl sites for hydroxylation is 2. The highest BCUT2D eigenvalue weighted by Crippen LogP contribution is 2.35. The van der Waals surface area contributed by atoms with E-state index < -0.39 is 0 Å². The summed E-state index contributed by atoms with van der Waals surface area (Å²) in [6, 6.07) is 8.19. The molecule has 7 nitrogen and oxygen atoms in total. The van der Waals surface area contributed by atoms with Gasteiger partial charge >= 0.3 is 0 Å². The molecular formula is C21H22N6O. The van der Waals surface area contributed by atoms with Crippen molar-refractivity contribution in [2.24, 2.45) is 7.05 Å². The van der Waals surface area contributed by atoms with Crippen LogP contribution in [0.4, 0.5) is 0 Å². The fraction of sp³-hybridized carbons (Fsp3) is 0.333. The molecule has 1 aromatic carbocycles. The van der Waals surface area contributed by atoms with Gasteiger partial charge in [-0.2, -0.15) is 5.10 Å². The summed E-state index contributed by atoms with van der Waals surface area (Å²) in [7, 11) is 1.72. The van der Waals surface area contributed by atoms with Crippen LogP contribution in [0.25, 0.3) is 33.5 Å². The second-order valence-corrected chi connectivity index (χ2v) is 7.65. The molecule has 0 radical (unpaired) electrons. The predicted molar refractivity (Wildman–Crippen MR) is 108 cm³/mol. The Morgan fingerprint density at radius 1 is 1.18 bits per heavy atom. The molecule has 3 aromatic heterocycles. The molecule has 4 aromatic rings. The minimum absolute atomic E-state index is 0.0429. The minimum atomic E-state index is -0.0429. The van der Waals surface area contributed by atoms with Gasteiger partial charge in [-0.25, -0.2) is 9.97 Å². The molecule has 1 aliphatic rings. The quantitative estimate of drug-likeness (QED) is 0.552. The lowest BCUT2D eigenvalue weighted by atomic mass is 10.1. The Morgan fingerprint density at radius 3 is 2.82 bits per heavy atom. The second kappa shape index (κ2) is 6.15. The number of aromatic nitrogens is 6. The van der Waals surface area contributed by atoms with Crippen molar-refractivity contribution in [3.05, 3.63) is 53.0 Å². The van der Waals surface area contributed by atoms with Gasteiger partial charge in [0.05, 0.1) is 22.9 Å². The molecule has 1 aliphatic heterocycles. The van der Waals surface area contributed by atoms with Crippen molar-refractivity contribution in [3.63, 3.8) is 0 Å². The van der Waals surface area contributed by atoms with Crippen molar-refractivity contribution < 1.29 is 0 Å². The Balaban J connectivity index is 1.74. The first-order valence-corrected chi connectivity index (χ1v) is 9.63. The fourth-order valence-corrected chi connectivity index (χ4v) is 3.91. The molecule has 4 heterocycles. The van der Waals surface area contributed by atoms with Gasteiger partial charge in [-0.05, 0) is 38.5 Å². The van der Waals surface area contributed by atoms with Crippen LogP contribution in [0.5, 0.6) is 0 Å². The van der Waals surface area contributed by atoms with Gasteiger partial charge in [0.15, 0.2) is 0 Å². The number of rotatable bonds is 3. The van der Waals surface area contributed by atoms with Gasteiger partial charge in [-0.15, -0.1) is 0 Å². The Kier molecular flexibility index (Phi) is 3.72. The summed E-state index contributed by atoms with van der Waals surface area (Å²) >= 11 is 0. The van der Waals surface area contributed by atoms with Gasteiger partial charge in [-0.3, -0.25) is 9.48 Å². The molecule has 0 unspecified atom stereocenters. The van der Waals surface area contributed by atoms with Crippen molar-refractivity contribution in [2.45, 2.75) is 39.3 Å². The van der Waals surface area contributed by atoms with E-state index in [1.807, 2.05) is 35.1 Å². The van der Waals surface area contributed by atoms with Gasteiger partial charge in [0.2, 0.25) is 0 Å². The Hall–Kier alpha value is -3.22. The van der Waals surface area contributed by atoms with Crippen LogP contribution in [0.2, 0.25) is 0 Å². The summed E-state index contributed by atoms with van der Waals surface area (Å²) in [4.78, 5) is 21.9. The molecule has 5 rings (SSSR count). The molecule has 0 N–H and O–H groups in total. The third-order valence-corrected chi connectivity index (χ3v) is 5.40. The van der Waals surface area contributed by atoms with E-state index in [0.717, 1.165) is 47.9 Å². The number of imidazole rings is 1. The van der Waals surface area contributed by atoms with E-state index in [4.69, 9.17) is 10.1 Å². The monoisotopic (exact) mass is 374 g/mol. The zero-order chi connectivity index (χ0) is 19.4. The van der Waals surface area contributed by atoms with E-state index in [2.05, 4.69) is 23.4 Å². The van der Waals surface area contributed by atoms with Crippen molar-refractivity contribution in [1.29, 1.82) is 0 Å². The van der Waals surface area contributed by atoms with Crippen molar-refractivity contribution in [1.82, 2.24) is 28.9 Å². The summed E-state index contributed by atoms with van der Waals surface area (Å²) in [5.74, 6) is 1.09. The van der Waals surface area contributed by atoms with Gasteiger partial charge in [-0.1, -0.05) is 6.07 Å². The van der Waals surface area contributed by atoms with E-state index >= 15 is 0 Å². The SMILES string of the molecule is CC(C)n1ccc(-c2nc3n(c2-c2ccc4ncn(C)c(=O)c4c2)CCC3)n1. The van der Waals surface area contributed by atoms with Crippen molar-refractivity contribution >= 4 is 10.9 Å². The lowest BCUT2D eigenvalue weighted by Gasteiger charge is -2.09. The fourth-order valence-electron chi connectivity index (χ4n) is 3.91. The predicted octanol–water partition coefficient (Wildman–Crippen LogP) is 3.19. The van der Waals surface area contributed by atoms with Crippen LogP contribution in [0, 0.1) is 0 Å². The van der Waals surface area contributed by atoms with Crippen molar-refractivity contribution in [3.8, 4) is 22.6 Å². The first-order valence-electron chi connectivity index (χ1n) is 9.63. The maximum atomic E-state index is 12.6. The van der Waals surface area contributed by atoms with Crippen LogP contribution in [-0.4, -0.2) is 28.9 Å². The average molecular weight is 374 g/mol. The number of benzene rings is 1. The minimum Gasteiger partial charge on any atom is -0.327 e. The zero-order valence-corrected chi connectivity index (χ0v) is 16.3. The summed E-state index contributed by atoms with van der Waals surface area (Å²) in [5, 5.41) is 5.36. The lowest BCUT2D eigenvalue weighted by Crippen LogP contribution is -2.16. The second-order valence-electron chi connectivity index (χ2n) is 7.65. The lowest BCUT2D eigenvalue weighted by molar-refractivity contribution is 0.534. The highest BCUT2D eigenvalue weighted by Gasteiger charge is 2.25. The van der Waals surface area contributed by atoms with Crippen LogP contribution in [0.3, 0.4) is 0 Å². The molecule has 142 valence electrons. The Labute approximate surface area is 162 Å². The molecule has 0 fully saturated rings. The summed E-state index contributed by atoms with van der Waals surface area (Å²) < 4.78 is 5.73. The first-order chi connectivity index (χ1) is 13.5. The highest BCUT2D eigenvalue weighted by atomic mass is 16.1. The number of nitrogens with zero attached hydrogens (tertiary/aromatic N) is 6. The number of hydrogen-bond donors (Lipinski definition) is 0. The summed E-state index contributed by atoms with van der Waals surface area (Å²) in [5.41, 5.74) is 4.43. The van der Waals surface area contributed by atoms with Crippen LogP contribution in [0.1, 0.15) is 32.1 Å². The Bertz CT molecular complexity index is 1260. The molecule has 0 saturated carbocycles. The largest absolute Gasteiger partial charge is 0.327 e. The van der Waals surface area contributed by atoms with Crippen LogP contribution in [-0.2, 0) is 20.0 Å². The molecule has 0 bridgehead atoms. The van der Waals surface area contributed by atoms with E-state index in [-0.39, 0.29) is 5.56 Å². The normalized spacial score (nSPS) is 13.6. The highest BCUT2D eigenvalue weighted by molar-refractivity contribution is 5.86. The third-order valence-electron chi connectivity index (χ3n) is 5.40. The van der Waals surface area contributed by atoms with Crippen molar-refractivity contribution in [2.75, 3.05) is 0 Å². The maximum Gasteiger partial charge on any atom is 0.260 e. The topological polar surface area (TPSA) is 70.5 Å². The van der Waals surface area contributed by atoms with Crippen LogP contribution < -0.4 is 5.56 Å². The number of fused-ring (bicyclic) bond motifs is 2. The van der Waals surface area contributed by atoms with E-state index in [1.165, 1.54) is 4.57 Å². The maximum absolute atomic E-state index is 12.6. The smallest absolute Gasteiger partial charge is 0.260 e. The molecular weight excluding hydrogens is 352 g/mol. The van der Waals surface area contributed by atoms with Gasteiger partial charge in [0.25, 0.3) is 5.56 Å². The first kappa shape index (κ1) is 16.9.